The Morgan fingerprint density at radius 3 is 2.02 bits per heavy atom. The van der Waals surface area contributed by atoms with Gasteiger partial charge in [0.05, 0.1) is 0 Å². The maximum absolute atomic E-state index is 2.54. The van der Waals surface area contributed by atoms with E-state index in [1.807, 2.05) is 32.0 Å². The van der Waals surface area contributed by atoms with Gasteiger partial charge in [-0.2, -0.15) is 0 Å². The summed E-state index contributed by atoms with van der Waals surface area (Å²) in [5, 5.41) is 5.35. The van der Waals surface area contributed by atoms with Crippen molar-refractivity contribution in [2.45, 2.75) is 79.6 Å². The van der Waals surface area contributed by atoms with Gasteiger partial charge < -0.3 is 0 Å². The third-order valence-corrected chi connectivity index (χ3v) is 12.7. The van der Waals surface area contributed by atoms with Gasteiger partial charge >= 0.3 is 0 Å². The molecule has 0 fully saturated rings. The fraction of sp³-hybridized carbons (Fsp3) is 0.206. The van der Waals surface area contributed by atoms with Crippen molar-refractivity contribution in [3.05, 3.63) is 227 Å². The van der Waals surface area contributed by atoms with Gasteiger partial charge in [0.2, 0.25) is 0 Å². The standard InChI is InChI=1S/C47H38.C7H10.C7H8.C2H6/c1-3-31-24-25-35-27-37(26-31)30(2)14-11-21-36-28-38(35)29-41-43(33-15-7-4-5-8-16-33)46-39-22-12-19-32-20-13-23-40(42(32)39)47(46)45(44(36)41)34-17-9-6-10-18-34;2*1-7-5-3-2-4-6-7;1-2/h4,6-13,15-30,35H,3,5,14H2,1-2H3;3,5-6H,2,4H2,1H3;2-6H,1H3;1-2H3/b21-11-;;;. The van der Waals surface area contributed by atoms with Crippen LogP contribution in [0.3, 0.4) is 0 Å². The number of aryl methyl sites for hydroxylation is 1. The Kier molecular flexibility index (Phi) is 13.8. The molecule has 5 aliphatic rings. The molecule has 0 saturated carbocycles. The zero-order valence-corrected chi connectivity index (χ0v) is 38.2. The van der Waals surface area contributed by atoms with Crippen LogP contribution in [0.4, 0.5) is 0 Å². The third-order valence-electron chi connectivity index (χ3n) is 12.7. The summed E-state index contributed by atoms with van der Waals surface area (Å²) in [7, 11) is 0. The van der Waals surface area contributed by atoms with Crippen LogP contribution < -0.4 is 0 Å². The molecule has 11 rings (SSSR count). The molecule has 0 nitrogen and oxygen atoms in total. The maximum atomic E-state index is 2.54. The third kappa shape index (κ3) is 9.19. The van der Waals surface area contributed by atoms with E-state index in [9.17, 15) is 0 Å². The fourth-order valence-corrected chi connectivity index (χ4v) is 9.58. The molecule has 63 heavy (non-hydrogen) atoms. The molecule has 0 radical (unpaired) electrons. The smallest absolute Gasteiger partial charge is 0.0208 e. The molecule has 6 aromatic carbocycles. The van der Waals surface area contributed by atoms with E-state index in [-0.39, 0.29) is 5.92 Å². The summed E-state index contributed by atoms with van der Waals surface area (Å²) in [6.07, 6.45) is 38.2. The monoisotopic (exact) mass is 818 g/mol. The van der Waals surface area contributed by atoms with Gasteiger partial charge in [-0.05, 0) is 146 Å². The van der Waals surface area contributed by atoms with E-state index in [1.165, 1.54) is 112 Å². The summed E-state index contributed by atoms with van der Waals surface area (Å²) in [5.74, 6) is 0.668. The van der Waals surface area contributed by atoms with Crippen LogP contribution in [-0.2, 0) is 0 Å². The molecule has 0 heterocycles. The molecule has 4 bridgehead atoms. The van der Waals surface area contributed by atoms with Gasteiger partial charge in [-0.15, -0.1) is 0 Å². The molecule has 0 saturated heterocycles. The second-order valence-electron chi connectivity index (χ2n) is 17.0. The Morgan fingerprint density at radius 1 is 0.635 bits per heavy atom. The van der Waals surface area contributed by atoms with Crippen molar-refractivity contribution in [1.82, 2.24) is 0 Å². The summed E-state index contributed by atoms with van der Waals surface area (Å²) in [5.41, 5.74) is 18.9. The predicted octanol–water partition coefficient (Wildman–Crippen LogP) is 18.5. The summed E-state index contributed by atoms with van der Waals surface area (Å²) in [4.78, 5) is 0. The fourth-order valence-electron chi connectivity index (χ4n) is 9.58. The SMILES string of the molecule is CC.CC1=CCCC=C1.CCC1=CC2=CC(C=C1)c1cc(c3c(-c4ccccc4)c4c(c(C5=CC=CCC=C5)c3c1)-c1cccc3cccc-4c13)/C=C\CC2C.Cc1ccccc1. The normalized spacial score (nSPS) is 18.1. The minimum Gasteiger partial charge on any atom is -0.0840 e. The molecule has 0 amide bonds. The Hall–Kier alpha value is -6.50. The van der Waals surface area contributed by atoms with Crippen LogP contribution in [0.2, 0.25) is 0 Å². The Balaban J connectivity index is 0.000000288. The summed E-state index contributed by atoms with van der Waals surface area (Å²) in [6.45, 7) is 12.9. The Bertz CT molecular complexity index is 2890. The zero-order chi connectivity index (χ0) is 43.7. The minimum absolute atomic E-state index is 0.211. The number of benzene rings is 6. The molecule has 2 atom stereocenters. The summed E-state index contributed by atoms with van der Waals surface area (Å²) in [6, 6.07) is 40.1. The number of allylic oxidation sites excluding steroid dienone is 17. The predicted molar refractivity (Wildman–Crippen MR) is 278 cm³/mol. The van der Waals surface area contributed by atoms with E-state index in [2.05, 4.69) is 204 Å². The van der Waals surface area contributed by atoms with Crippen LogP contribution in [0.1, 0.15) is 94.9 Å². The molecule has 0 aliphatic heterocycles. The van der Waals surface area contributed by atoms with Gasteiger partial charge in [0.1, 0.15) is 0 Å². The van der Waals surface area contributed by atoms with Crippen molar-refractivity contribution < 1.29 is 0 Å². The van der Waals surface area contributed by atoms with E-state index in [0.29, 0.717) is 5.92 Å². The second-order valence-corrected chi connectivity index (χ2v) is 17.0. The highest BCUT2D eigenvalue weighted by molar-refractivity contribution is 6.27. The van der Waals surface area contributed by atoms with E-state index in [0.717, 1.165) is 19.3 Å². The lowest BCUT2D eigenvalue weighted by Gasteiger charge is -2.24. The Labute approximate surface area is 377 Å². The van der Waals surface area contributed by atoms with Crippen LogP contribution in [0.15, 0.2) is 205 Å². The van der Waals surface area contributed by atoms with Crippen molar-refractivity contribution in [3.63, 3.8) is 0 Å². The Morgan fingerprint density at radius 2 is 1.37 bits per heavy atom. The number of hydrogen-bond donors (Lipinski definition) is 0. The summed E-state index contributed by atoms with van der Waals surface area (Å²) < 4.78 is 0. The first-order valence-corrected chi connectivity index (χ1v) is 23.4. The lowest BCUT2D eigenvalue weighted by molar-refractivity contribution is 0.707. The van der Waals surface area contributed by atoms with Crippen LogP contribution in [0.25, 0.3) is 66.6 Å². The molecule has 5 aliphatic carbocycles. The first-order valence-electron chi connectivity index (χ1n) is 23.4. The highest BCUT2D eigenvalue weighted by Crippen LogP contribution is 2.57. The lowest BCUT2D eigenvalue weighted by atomic mass is 9.78. The highest BCUT2D eigenvalue weighted by Gasteiger charge is 2.32. The number of hydrogen-bond acceptors (Lipinski definition) is 0. The maximum Gasteiger partial charge on any atom is 0.0208 e. The molecule has 0 spiro atoms. The largest absolute Gasteiger partial charge is 0.0840 e. The molecule has 314 valence electrons. The zero-order valence-electron chi connectivity index (χ0n) is 38.2. The number of fused-ring (bicyclic) bond motifs is 9. The first kappa shape index (κ1) is 43.2. The van der Waals surface area contributed by atoms with E-state index >= 15 is 0 Å². The van der Waals surface area contributed by atoms with Crippen LogP contribution in [0, 0.1) is 12.8 Å². The first-order chi connectivity index (χ1) is 31.0. The average Bonchev–Trinajstić information content (AvgIpc) is 3.52. The van der Waals surface area contributed by atoms with Crippen molar-refractivity contribution in [2.24, 2.45) is 5.92 Å². The van der Waals surface area contributed by atoms with Crippen LogP contribution in [0.5, 0.6) is 0 Å². The van der Waals surface area contributed by atoms with Crippen molar-refractivity contribution in [2.75, 3.05) is 0 Å². The second kappa shape index (κ2) is 20.1. The van der Waals surface area contributed by atoms with E-state index in [4.69, 9.17) is 0 Å². The lowest BCUT2D eigenvalue weighted by Crippen LogP contribution is -2.03. The quantitative estimate of drug-likeness (QED) is 0.167. The van der Waals surface area contributed by atoms with Crippen LogP contribution >= 0.6 is 0 Å². The minimum atomic E-state index is 0.211. The molecule has 2 unspecified atom stereocenters. The van der Waals surface area contributed by atoms with Gasteiger partial charge in [-0.1, -0.05) is 227 Å². The van der Waals surface area contributed by atoms with Crippen LogP contribution in [-0.4, -0.2) is 0 Å². The van der Waals surface area contributed by atoms with Crippen molar-refractivity contribution >= 4 is 33.2 Å². The van der Waals surface area contributed by atoms with Crippen molar-refractivity contribution in [3.8, 4) is 33.4 Å². The molecular weight excluding hydrogens is 757 g/mol. The molecule has 0 heteroatoms. The molecule has 0 N–H and O–H groups in total. The van der Waals surface area contributed by atoms with Gasteiger partial charge in [-0.3, -0.25) is 0 Å². The topological polar surface area (TPSA) is 0 Å². The average molecular weight is 819 g/mol. The van der Waals surface area contributed by atoms with Crippen molar-refractivity contribution in [1.29, 1.82) is 0 Å². The highest BCUT2D eigenvalue weighted by atomic mass is 14.3. The molecule has 0 aromatic heterocycles. The van der Waals surface area contributed by atoms with Gasteiger partial charge in [0.25, 0.3) is 0 Å². The number of rotatable bonds is 3. The van der Waals surface area contributed by atoms with Gasteiger partial charge in [-0.25, -0.2) is 0 Å². The van der Waals surface area contributed by atoms with Gasteiger partial charge in [0, 0.05) is 5.92 Å². The van der Waals surface area contributed by atoms with Gasteiger partial charge in [0.15, 0.2) is 0 Å². The van der Waals surface area contributed by atoms with E-state index < -0.39 is 0 Å². The summed E-state index contributed by atoms with van der Waals surface area (Å²) >= 11 is 0. The molecular formula is C63H62. The molecule has 6 aromatic rings. The van der Waals surface area contributed by atoms with E-state index in [1.54, 1.807) is 0 Å².